The van der Waals surface area contributed by atoms with E-state index < -0.39 is 5.97 Å². The summed E-state index contributed by atoms with van der Waals surface area (Å²) in [6, 6.07) is 0. The molecule has 0 amide bonds. The van der Waals surface area contributed by atoms with E-state index >= 15 is 0 Å². The summed E-state index contributed by atoms with van der Waals surface area (Å²) in [4.78, 5) is 69.8. The van der Waals surface area contributed by atoms with Crippen molar-refractivity contribution in [1.82, 2.24) is 0 Å². The fraction of sp³-hybridized carbons (Fsp3) is 0.320. The van der Waals surface area contributed by atoms with Gasteiger partial charge in [0.2, 0.25) is 0 Å². The smallest absolute Gasteiger partial charge is 0 e. The van der Waals surface area contributed by atoms with Crippen LogP contribution < -0.4 is 0 Å². The van der Waals surface area contributed by atoms with Gasteiger partial charge in [-0.25, -0.2) is 9.59 Å². The Bertz CT molecular complexity index is 578. The molecule has 216 valence electrons. The van der Waals surface area contributed by atoms with Crippen LogP contribution in [0.1, 0.15) is 42.5 Å². The molecule has 0 radical (unpaired) electrons. The normalized spacial score (nSPS) is 5.68. The van der Waals surface area contributed by atoms with Gasteiger partial charge in [-0.1, -0.05) is 33.2 Å². The molecular formula is C25H44O12. The summed E-state index contributed by atoms with van der Waals surface area (Å²) in [5.74, 6) is -1.28. The van der Waals surface area contributed by atoms with Crippen molar-refractivity contribution in [2.24, 2.45) is 0 Å². The summed E-state index contributed by atoms with van der Waals surface area (Å²) in [7, 11) is 2.33. The number of methoxy groups -OCH3 is 1. The van der Waals surface area contributed by atoms with Crippen molar-refractivity contribution in [2.45, 2.75) is 41.0 Å². The molecule has 0 atom stereocenters. The third-order valence-corrected chi connectivity index (χ3v) is 1.47. The van der Waals surface area contributed by atoms with Gasteiger partial charge in [-0.3, -0.25) is 9.59 Å². The minimum Gasteiger partial charge on any atom is 0 e. The number of esters is 1. The molecular weight excluding hydrogens is 492 g/mol. The van der Waals surface area contributed by atoms with Crippen molar-refractivity contribution >= 4 is 37.6 Å². The number of allylic oxidation sites excluding steroid dienone is 2. The average Bonchev–Trinajstić information content (AvgIpc) is 2.94. The van der Waals surface area contributed by atoms with Crippen LogP contribution in [-0.4, -0.2) is 62.0 Å². The van der Waals surface area contributed by atoms with E-state index in [-0.39, 0.29) is 13.0 Å². The number of carboxylic acid groups (broad SMARTS) is 1. The van der Waals surface area contributed by atoms with Crippen molar-refractivity contribution in [1.29, 1.82) is 0 Å². The summed E-state index contributed by atoms with van der Waals surface area (Å²) in [6.07, 6.45) is 2.96. The second kappa shape index (κ2) is 85.5. The first-order valence-corrected chi connectivity index (χ1v) is 9.16. The number of carboxylic acids is 1. The summed E-state index contributed by atoms with van der Waals surface area (Å²) in [6.45, 7) is 33.8. The van der Waals surface area contributed by atoms with E-state index in [1.807, 2.05) is 13.7 Å². The largest absolute Gasteiger partial charge is 0 e. The van der Waals surface area contributed by atoms with Gasteiger partial charge in [0, 0.05) is 36.0 Å². The number of hydrogen-bond acceptors (Lipinski definition) is 10. The summed E-state index contributed by atoms with van der Waals surface area (Å²) < 4.78 is 11.8. The number of aliphatic hydroxyl groups is 1. The maximum absolute atomic E-state index is 10.2. The average molecular weight is 537 g/mol. The molecule has 0 aliphatic rings. The quantitative estimate of drug-likeness (QED) is 0.128. The molecule has 0 aliphatic heterocycles. The molecule has 0 aliphatic carbocycles. The number of hydrogen-bond donors (Lipinski definition) is 2. The first kappa shape index (κ1) is 63.7. The predicted octanol–water partition coefficient (Wildman–Crippen LogP) is 4.00. The van der Waals surface area contributed by atoms with Crippen LogP contribution in [0, 0.1) is 16.6 Å². The first-order valence-electron chi connectivity index (χ1n) is 9.16. The summed E-state index contributed by atoms with van der Waals surface area (Å²) in [5.41, 5.74) is 1.76. The van der Waals surface area contributed by atoms with Crippen LogP contribution in [0.25, 0.3) is 0 Å². The summed E-state index contributed by atoms with van der Waals surface area (Å²) >= 11 is 0. The van der Waals surface area contributed by atoms with Crippen LogP contribution in [0.4, 0.5) is 0 Å². The van der Waals surface area contributed by atoms with Crippen molar-refractivity contribution in [3.05, 3.63) is 78.3 Å². The van der Waals surface area contributed by atoms with Crippen LogP contribution >= 0.6 is 0 Å². The molecule has 0 spiro atoms. The Kier molecular flexibility index (Phi) is 147. The van der Waals surface area contributed by atoms with E-state index in [2.05, 4.69) is 50.9 Å². The number of aldehydes is 3. The Hall–Kier alpha value is -4.38. The van der Waals surface area contributed by atoms with Gasteiger partial charge in [0.1, 0.15) is 25.6 Å². The molecule has 0 saturated carbocycles. The van der Waals surface area contributed by atoms with E-state index in [4.69, 9.17) is 29.6 Å². The zero-order chi connectivity index (χ0) is 33.0. The molecule has 0 aromatic heterocycles. The van der Waals surface area contributed by atoms with Gasteiger partial charge in [-0.2, -0.15) is 0 Å². The Morgan fingerprint density at radius 2 is 1.00 bits per heavy atom. The maximum Gasteiger partial charge on any atom is 0 e. The molecule has 0 heterocycles. The van der Waals surface area contributed by atoms with E-state index in [0.717, 1.165) is 26.0 Å². The number of carbonyl (C=O) groups excluding carboxylic acids is 5. The number of aliphatic carboxylic acids is 1. The van der Waals surface area contributed by atoms with E-state index in [0.29, 0.717) is 23.1 Å². The fourth-order valence-corrected chi connectivity index (χ4v) is 0.174. The minimum atomic E-state index is -0.935. The van der Waals surface area contributed by atoms with Crippen molar-refractivity contribution in [3.8, 4) is 0 Å². The molecule has 0 rings (SSSR count). The molecule has 12 nitrogen and oxygen atoms in total. The Morgan fingerprint density at radius 3 is 1.00 bits per heavy atom. The van der Waals surface area contributed by atoms with Crippen molar-refractivity contribution < 1.29 is 49.8 Å². The van der Waals surface area contributed by atoms with Crippen LogP contribution in [0.15, 0.2) is 61.8 Å². The Labute approximate surface area is 221 Å². The number of aliphatic hydroxyl groups excluding tert-OH is 1. The molecule has 2 N–H and O–H groups in total. The molecule has 0 aromatic rings. The van der Waals surface area contributed by atoms with Gasteiger partial charge in [0.25, 0.3) is 0 Å². The fourth-order valence-electron chi connectivity index (χ4n) is 0.174. The topological polar surface area (TPSA) is 206 Å². The van der Waals surface area contributed by atoms with Crippen molar-refractivity contribution in [3.63, 3.8) is 0 Å². The van der Waals surface area contributed by atoms with Crippen LogP contribution in [0.2, 0.25) is 0 Å². The van der Waals surface area contributed by atoms with Crippen LogP contribution in [-0.2, 0) is 38.2 Å². The monoisotopic (exact) mass is 536 g/mol. The molecule has 0 unspecified atom stereocenters. The standard InChI is InChI=1S/C5H8O2.C4H6O2.2C4H6O.C3H6O.C2H4.CH4O.CH2O.CO.O2.H2/c1-4(2)5(6)7-3;1-3(2)4(5)6;2*1-4(2)3-5;1-2-3-4;5*1-2;/h1H2,2-3H3;1H2,2H3,(H,5,6);2*3H,1H2,2H3;3H,2H2,1H3;1-2H2;2H,1H3;1H2;;;1H. The third kappa shape index (κ3) is 246. The van der Waals surface area contributed by atoms with Crippen molar-refractivity contribution in [2.75, 3.05) is 14.2 Å². The molecule has 0 aromatic carbocycles. The van der Waals surface area contributed by atoms with E-state index in [1.165, 1.54) is 14.0 Å². The third-order valence-electron chi connectivity index (χ3n) is 1.47. The Morgan fingerprint density at radius 1 is 0.838 bits per heavy atom. The zero-order valence-corrected chi connectivity index (χ0v) is 22.9. The Balaban J connectivity index is -0.0000000246. The van der Waals surface area contributed by atoms with E-state index in [1.54, 1.807) is 20.8 Å². The van der Waals surface area contributed by atoms with Gasteiger partial charge < -0.3 is 24.5 Å². The molecule has 0 fully saturated rings. The van der Waals surface area contributed by atoms with E-state index in [9.17, 15) is 24.0 Å². The predicted molar refractivity (Wildman–Crippen MR) is 147 cm³/mol. The van der Waals surface area contributed by atoms with Crippen LogP contribution in [0.3, 0.4) is 0 Å². The second-order valence-corrected chi connectivity index (χ2v) is 4.86. The van der Waals surface area contributed by atoms with Gasteiger partial charge in [0.15, 0.2) is 0 Å². The van der Waals surface area contributed by atoms with Gasteiger partial charge >= 0.3 is 23.2 Å². The molecule has 0 bridgehead atoms. The number of rotatable bonds is 5. The second-order valence-electron chi connectivity index (χ2n) is 4.86. The number of ether oxygens (including phenoxy) is 1. The van der Waals surface area contributed by atoms with Gasteiger partial charge in [0.05, 0.1) is 7.11 Å². The molecule has 37 heavy (non-hydrogen) atoms. The summed E-state index contributed by atoms with van der Waals surface area (Å²) in [5, 5.41) is 14.9. The SMILES string of the molecule is C=C.C=C(C)C(=O)O.C=C(C)C(=O)OC.C=C(C)C=O.C=C(C)C=O.C=O.CCC=O.CO.O=O.[C-]#[O+].[HH]. The van der Waals surface area contributed by atoms with Gasteiger partial charge in [-0.05, 0) is 38.8 Å². The number of carbonyl (C=O) groups is 6. The maximum atomic E-state index is 10.2. The zero-order valence-electron chi connectivity index (χ0n) is 22.9. The van der Waals surface area contributed by atoms with Crippen LogP contribution in [0.5, 0.6) is 0 Å². The molecule has 0 saturated heterocycles. The first-order chi connectivity index (χ1) is 17.3. The molecule has 12 heteroatoms. The minimum absolute atomic E-state index is 0. The van der Waals surface area contributed by atoms with Gasteiger partial charge in [-0.15, -0.1) is 13.2 Å².